The molecular weight excluding hydrogens is 478 g/mol. The van der Waals surface area contributed by atoms with Gasteiger partial charge in [0.05, 0.1) is 36.8 Å². The fourth-order valence-corrected chi connectivity index (χ4v) is 5.71. The molecule has 0 aromatic rings. The summed E-state index contributed by atoms with van der Waals surface area (Å²) >= 11 is 0. The Balaban J connectivity index is 2.39. The highest BCUT2D eigenvalue weighted by atomic mass is 16.7. The van der Waals surface area contributed by atoms with Gasteiger partial charge in [0.1, 0.15) is 18.0 Å². The van der Waals surface area contributed by atoms with Gasteiger partial charge in [0.2, 0.25) is 0 Å². The minimum atomic E-state index is -1.10. The Morgan fingerprint density at radius 2 is 1.59 bits per heavy atom. The van der Waals surface area contributed by atoms with Gasteiger partial charge in [-0.15, -0.1) is 0 Å². The molecule has 215 valence electrons. The van der Waals surface area contributed by atoms with E-state index in [-0.39, 0.29) is 23.8 Å². The number of aliphatic hydroxyl groups is 3. The standard InChI is InChI=1S/C28H50NO8/c1-10-23-17(5)22(31)13-21(30)14(2)11-15(3)26(18(6)24(32)19(7)27(34)36-23)37-28-25(33)20(29(8)9)12-16(4)35-28/h13-20,22-26,28,31-33H,10-12H2,1-9H3/t14-,15+,16?,17-,18+,19-,20?,22-,23-,24+,25?,26+,28?/m1/s1. The maximum atomic E-state index is 13.0. The first-order valence-electron chi connectivity index (χ1n) is 13.8. The molecule has 0 aromatic heterocycles. The summed E-state index contributed by atoms with van der Waals surface area (Å²) in [5, 5.41) is 33.0. The van der Waals surface area contributed by atoms with Crippen LogP contribution in [-0.2, 0) is 23.8 Å². The Labute approximate surface area is 222 Å². The lowest BCUT2D eigenvalue weighted by atomic mass is 9.79. The lowest BCUT2D eigenvalue weighted by molar-refractivity contribution is -0.283. The summed E-state index contributed by atoms with van der Waals surface area (Å²) in [5.74, 6) is -3.24. The van der Waals surface area contributed by atoms with Crippen molar-refractivity contribution in [3.63, 3.8) is 0 Å². The van der Waals surface area contributed by atoms with Gasteiger partial charge >= 0.3 is 5.97 Å². The second-order valence-corrected chi connectivity index (χ2v) is 11.7. The molecule has 0 amide bonds. The molecule has 13 atom stereocenters. The van der Waals surface area contributed by atoms with Crippen molar-refractivity contribution in [2.24, 2.45) is 29.6 Å². The molecule has 0 aromatic carbocycles. The van der Waals surface area contributed by atoms with Gasteiger partial charge in [-0.25, -0.2) is 0 Å². The highest BCUT2D eigenvalue weighted by Crippen LogP contribution is 2.34. The topological polar surface area (TPSA) is 126 Å². The quantitative estimate of drug-likeness (QED) is 0.471. The summed E-state index contributed by atoms with van der Waals surface area (Å²) in [5.41, 5.74) is 0. The van der Waals surface area contributed by atoms with Crippen LogP contribution in [0.25, 0.3) is 0 Å². The zero-order valence-corrected chi connectivity index (χ0v) is 24.0. The van der Waals surface area contributed by atoms with Crippen LogP contribution >= 0.6 is 0 Å². The van der Waals surface area contributed by atoms with Crippen molar-refractivity contribution in [3.05, 3.63) is 6.42 Å². The number of nitrogens with zero attached hydrogens (tertiary/aromatic N) is 1. The second-order valence-electron chi connectivity index (χ2n) is 11.7. The van der Waals surface area contributed by atoms with Crippen LogP contribution in [0.1, 0.15) is 67.7 Å². The molecule has 2 fully saturated rings. The van der Waals surface area contributed by atoms with Gasteiger partial charge in [-0.3, -0.25) is 9.59 Å². The first kappa shape index (κ1) is 32.1. The van der Waals surface area contributed by atoms with Gasteiger partial charge in [0.15, 0.2) is 6.29 Å². The van der Waals surface area contributed by atoms with E-state index in [2.05, 4.69) is 0 Å². The van der Waals surface area contributed by atoms with Crippen molar-refractivity contribution in [2.75, 3.05) is 14.1 Å². The Kier molecular flexibility index (Phi) is 12.0. The van der Waals surface area contributed by atoms with Crippen LogP contribution in [0.5, 0.6) is 0 Å². The minimum Gasteiger partial charge on any atom is -0.462 e. The molecule has 2 saturated heterocycles. The zero-order chi connectivity index (χ0) is 28.2. The van der Waals surface area contributed by atoms with Gasteiger partial charge in [-0.2, -0.15) is 0 Å². The number of ether oxygens (including phenoxy) is 3. The molecule has 9 nitrogen and oxygen atoms in total. The molecule has 0 bridgehead atoms. The van der Waals surface area contributed by atoms with E-state index in [1.165, 1.54) is 6.42 Å². The lowest BCUT2D eigenvalue weighted by Gasteiger charge is -2.44. The summed E-state index contributed by atoms with van der Waals surface area (Å²) in [4.78, 5) is 27.9. The van der Waals surface area contributed by atoms with Gasteiger partial charge < -0.3 is 34.4 Å². The van der Waals surface area contributed by atoms with Crippen LogP contribution in [0.2, 0.25) is 0 Å². The molecule has 0 saturated carbocycles. The third kappa shape index (κ3) is 7.96. The normalized spacial score (nSPS) is 45.4. The molecule has 0 spiro atoms. The fraction of sp³-hybridized carbons (Fsp3) is 0.893. The van der Waals surface area contributed by atoms with E-state index >= 15 is 0 Å². The summed E-state index contributed by atoms with van der Waals surface area (Å²) in [6.45, 7) is 12.7. The molecule has 9 heteroatoms. The van der Waals surface area contributed by atoms with Crippen molar-refractivity contribution in [1.29, 1.82) is 0 Å². The van der Waals surface area contributed by atoms with E-state index in [4.69, 9.17) is 14.2 Å². The van der Waals surface area contributed by atoms with Crippen LogP contribution in [0.4, 0.5) is 0 Å². The lowest BCUT2D eigenvalue weighted by Crippen LogP contribution is -2.56. The number of carbonyl (C=O) groups is 2. The van der Waals surface area contributed by atoms with E-state index in [1.54, 1.807) is 13.8 Å². The SMILES string of the molecule is CC[C@H]1OC(=O)[C@H](C)[C@@H](O)[C@H](C)[C@@H](OC2OC(C)CC(N(C)C)C2O)[C@@H](C)C[C@@H](C)C(=O)[CH][C@@H](O)[C@H]1C. The molecular formula is C28H50NO8. The first-order valence-corrected chi connectivity index (χ1v) is 13.8. The van der Waals surface area contributed by atoms with E-state index in [9.17, 15) is 24.9 Å². The molecule has 37 heavy (non-hydrogen) atoms. The highest BCUT2D eigenvalue weighted by molar-refractivity contribution is 5.89. The van der Waals surface area contributed by atoms with E-state index < -0.39 is 66.5 Å². The number of likely N-dealkylation sites (N-methyl/N-ethyl adjacent to an activating group) is 1. The predicted octanol–water partition coefficient (Wildman–Crippen LogP) is 2.20. The number of rotatable bonds is 4. The molecule has 3 N–H and O–H groups in total. The second kappa shape index (κ2) is 13.8. The van der Waals surface area contributed by atoms with E-state index in [1.807, 2.05) is 53.6 Å². The summed E-state index contributed by atoms with van der Waals surface area (Å²) in [6.07, 6.45) is -2.50. The number of Topliss-reactive ketones (excluding diaryl/α,β-unsaturated/α-hetero) is 1. The molecule has 4 unspecified atom stereocenters. The van der Waals surface area contributed by atoms with Crippen LogP contribution in [0.3, 0.4) is 0 Å². The average Bonchev–Trinajstić information content (AvgIpc) is 2.84. The van der Waals surface area contributed by atoms with Crippen molar-refractivity contribution in [1.82, 2.24) is 4.90 Å². The average molecular weight is 529 g/mol. The Morgan fingerprint density at radius 1 is 0.973 bits per heavy atom. The Bertz CT molecular complexity index is 748. The number of aliphatic hydroxyl groups excluding tert-OH is 3. The smallest absolute Gasteiger partial charge is 0.311 e. The van der Waals surface area contributed by atoms with E-state index in [0.29, 0.717) is 19.3 Å². The largest absolute Gasteiger partial charge is 0.462 e. The van der Waals surface area contributed by atoms with Crippen molar-refractivity contribution < 1.29 is 39.1 Å². The number of ketones is 1. The zero-order valence-electron chi connectivity index (χ0n) is 24.0. The maximum Gasteiger partial charge on any atom is 0.311 e. The van der Waals surface area contributed by atoms with Crippen molar-refractivity contribution in [3.8, 4) is 0 Å². The summed E-state index contributed by atoms with van der Waals surface area (Å²) < 4.78 is 18.1. The van der Waals surface area contributed by atoms with Crippen LogP contribution in [-0.4, -0.2) is 95.0 Å². The van der Waals surface area contributed by atoms with Gasteiger partial charge in [-0.05, 0) is 53.1 Å². The minimum absolute atomic E-state index is 0.145. The third-order valence-electron chi connectivity index (χ3n) is 8.41. The Hall–Kier alpha value is -1.10. The number of carbonyl (C=O) groups excluding carboxylic acids is 2. The van der Waals surface area contributed by atoms with Gasteiger partial charge in [0, 0.05) is 23.8 Å². The maximum absolute atomic E-state index is 13.0. The number of hydrogen-bond donors (Lipinski definition) is 3. The molecule has 2 aliphatic rings. The van der Waals surface area contributed by atoms with Gasteiger partial charge in [0.25, 0.3) is 0 Å². The van der Waals surface area contributed by atoms with Crippen molar-refractivity contribution in [2.45, 2.75) is 117 Å². The molecule has 2 heterocycles. The third-order valence-corrected chi connectivity index (χ3v) is 8.41. The molecule has 1 radical (unpaired) electrons. The monoisotopic (exact) mass is 528 g/mol. The highest BCUT2D eigenvalue weighted by Gasteiger charge is 2.44. The van der Waals surface area contributed by atoms with E-state index in [0.717, 1.165) is 0 Å². The van der Waals surface area contributed by atoms with Crippen LogP contribution in [0.15, 0.2) is 0 Å². The van der Waals surface area contributed by atoms with Gasteiger partial charge in [-0.1, -0.05) is 34.6 Å². The number of esters is 1. The molecule has 2 rings (SSSR count). The number of cyclic esters (lactones) is 1. The first-order chi connectivity index (χ1) is 17.2. The number of hydrogen-bond acceptors (Lipinski definition) is 9. The molecule has 0 aliphatic carbocycles. The van der Waals surface area contributed by atoms with Crippen molar-refractivity contribution >= 4 is 11.8 Å². The fourth-order valence-electron chi connectivity index (χ4n) is 5.71. The predicted molar refractivity (Wildman–Crippen MR) is 139 cm³/mol. The Morgan fingerprint density at radius 3 is 2.16 bits per heavy atom. The van der Waals surface area contributed by atoms with Crippen LogP contribution in [0, 0.1) is 36.0 Å². The summed E-state index contributed by atoms with van der Waals surface area (Å²) in [7, 11) is 3.80. The molecule has 2 aliphatic heterocycles. The summed E-state index contributed by atoms with van der Waals surface area (Å²) in [6, 6.07) is -0.166. The van der Waals surface area contributed by atoms with Crippen LogP contribution < -0.4 is 0 Å².